The first-order chi connectivity index (χ1) is 9.49. The lowest BCUT2D eigenvalue weighted by atomic mass is 10.0. The van der Waals surface area contributed by atoms with Gasteiger partial charge in [-0.05, 0) is 24.6 Å². The molecule has 0 radical (unpaired) electrons. The molecule has 0 aliphatic carbocycles. The van der Waals surface area contributed by atoms with Crippen LogP contribution in [0, 0.1) is 0 Å². The van der Waals surface area contributed by atoms with Crippen molar-refractivity contribution in [1.82, 2.24) is 5.32 Å². The molecule has 0 heterocycles. The zero-order chi connectivity index (χ0) is 15.1. The first-order valence-electron chi connectivity index (χ1n) is 6.42. The van der Waals surface area contributed by atoms with E-state index < -0.39 is 12.0 Å². The molecule has 1 aromatic rings. The highest BCUT2D eigenvalue weighted by molar-refractivity contribution is 6.01. The SMILES string of the molecule is CCC(NCCC(=O)O)C(=O)c1ccc(OC)c(N)c1. The minimum Gasteiger partial charge on any atom is -0.495 e. The predicted molar refractivity (Wildman–Crippen MR) is 76.1 cm³/mol. The summed E-state index contributed by atoms with van der Waals surface area (Å²) in [6.07, 6.45) is 0.554. The topological polar surface area (TPSA) is 102 Å². The summed E-state index contributed by atoms with van der Waals surface area (Å²) >= 11 is 0. The van der Waals surface area contributed by atoms with Gasteiger partial charge in [0.15, 0.2) is 5.78 Å². The standard InChI is InChI=1S/C14H20N2O4/c1-3-11(16-7-6-13(17)18)14(19)9-4-5-12(20-2)10(15)8-9/h4-5,8,11,16H,3,6-7,15H2,1-2H3,(H,17,18). The van der Waals surface area contributed by atoms with Crippen LogP contribution in [0.15, 0.2) is 18.2 Å². The molecule has 0 amide bonds. The Kier molecular flexibility index (Phi) is 5.99. The lowest BCUT2D eigenvalue weighted by Gasteiger charge is -2.16. The third-order valence-electron chi connectivity index (χ3n) is 2.97. The Hall–Kier alpha value is -2.08. The first kappa shape index (κ1) is 16.0. The van der Waals surface area contributed by atoms with Crippen LogP contribution < -0.4 is 15.8 Å². The van der Waals surface area contributed by atoms with E-state index in [9.17, 15) is 9.59 Å². The van der Waals surface area contributed by atoms with Crippen LogP contribution >= 0.6 is 0 Å². The maximum Gasteiger partial charge on any atom is 0.304 e. The van der Waals surface area contributed by atoms with Crippen molar-refractivity contribution < 1.29 is 19.4 Å². The third kappa shape index (κ3) is 4.24. The number of nitrogens with two attached hydrogens (primary N) is 1. The predicted octanol–water partition coefficient (Wildman–Crippen LogP) is 1.30. The fraction of sp³-hybridized carbons (Fsp3) is 0.429. The molecule has 0 aliphatic rings. The van der Waals surface area contributed by atoms with Crippen LogP contribution in [0.2, 0.25) is 0 Å². The molecule has 0 saturated carbocycles. The number of carbonyl (C=O) groups is 2. The van der Waals surface area contributed by atoms with Crippen molar-refractivity contribution in [2.24, 2.45) is 0 Å². The Morgan fingerprint density at radius 1 is 1.45 bits per heavy atom. The summed E-state index contributed by atoms with van der Waals surface area (Å²) in [6, 6.07) is 4.45. The minimum absolute atomic E-state index is 0.0193. The van der Waals surface area contributed by atoms with E-state index in [0.717, 1.165) is 0 Å². The third-order valence-corrected chi connectivity index (χ3v) is 2.97. The number of hydrogen-bond acceptors (Lipinski definition) is 5. The van der Waals surface area contributed by atoms with E-state index >= 15 is 0 Å². The minimum atomic E-state index is -0.895. The van der Waals surface area contributed by atoms with Crippen molar-refractivity contribution in [2.45, 2.75) is 25.8 Å². The molecule has 0 bridgehead atoms. The number of carboxylic acid groups (broad SMARTS) is 1. The lowest BCUT2D eigenvalue weighted by Crippen LogP contribution is -2.37. The Bertz CT molecular complexity index is 488. The van der Waals surface area contributed by atoms with Gasteiger partial charge in [-0.3, -0.25) is 9.59 Å². The molecule has 4 N–H and O–H groups in total. The summed E-state index contributed by atoms with van der Waals surface area (Å²) in [6.45, 7) is 2.12. The molecule has 1 rings (SSSR count). The molecule has 1 unspecified atom stereocenters. The van der Waals surface area contributed by atoms with E-state index in [2.05, 4.69) is 5.32 Å². The number of methoxy groups -OCH3 is 1. The number of carboxylic acids is 1. The summed E-state index contributed by atoms with van der Waals surface area (Å²) in [4.78, 5) is 22.8. The molecule has 110 valence electrons. The Balaban J connectivity index is 2.75. The fourth-order valence-electron chi connectivity index (χ4n) is 1.86. The van der Waals surface area contributed by atoms with Crippen molar-refractivity contribution in [3.63, 3.8) is 0 Å². The number of anilines is 1. The Morgan fingerprint density at radius 2 is 2.15 bits per heavy atom. The van der Waals surface area contributed by atoms with Gasteiger partial charge in [-0.2, -0.15) is 0 Å². The zero-order valence-corrected chi connectivity index (χ0v) is 11.7. The quantitative estimate of drug-likeness (QED) is 0.490. The molecular formula is C14H20N2O4. The molecular weight excluding hydrogens is 260 g/mol. The smallest absolute Gasteiger partial charge is 0.304 e. The van der Waals surface area contributed by atoms with Crippen LogP contribution in [-0.4, -0.2) is 36.6 Å². The van der Waals surface area contributed by atoms with Crippen LogP contribution in [0.5, 0.6) is 5.75 Å². The Morgan fingerprint density at radius 3 is 2.65 bits per heavy atom. The molecule has 0 fully saturated rings. The summed E-state index contributed by atoms with van der Waals surface area (Å²) in [5.74, 6) is -0.478. The van der Waals surface area contributed by atoms with Gasteiger partial charge in [0, 0.05) is 12.1 Å². The Labute approximate surface area is 117 Å². The maximum atomic E-state index is 12.3. The number of rotatable bonds is 8. The molecule has 6 heteroatoms. The van der Waals surface area contributed by atoms with Crippen molar-refractivity contribution >= 4 is 17.4 Å². The van der Waals surface area contributed by atoms with Crippen molar-refractivity contribution in [3.8, 4) is 5.75 Å². The summed E-state index contributed by atoms with van der Waals surface area (Å²) in [7, 11) is 1.51. The molecule has 0 saturated heterocycles. The number of carbonyl (C=O) groups excluding carboxylic acids is 1. The molecule has 0 spiro atoms. The van der Waals surface area contributed by atoms with Gasteiger partial charge < -0.3 is 20.9 Å². The molecule has 6 nitrogen and oxygen atoms in total. The van der Waals surface area contributed by atoms with Crippen LogP contribution in [-0.2, 0) is 4.79 Å². The average Bonchev–Trinajstić information content (AvgIpc) is 2.42. The molecule has 1 atom stereocenters. The number of ether oxygens (including phenoxy) is 1. The summed E-state index contributed by atoms with van der Waals surface area (Å²) in [5.41, 5.74) is 6.66. The normalized spacial score (nSPS) is 11.9. The van der Waals surface area contributed by atoms with Crippen molar-refractivity contribution in [2.75, 3.05) is 19.4 Å². The van der Waals surface area contributed by atoms with E-state index in [0.29, 0.717) is 23.4 Å². The van der Waals surface area contributed by atoms with Crippen molar-refractivity contribution in [3.05, 3.63) is 23.8 Å². The maximum absolute atomic E-state index is 12.3. The van der Waals surface area contributed by atoms with Gasteiger partial charge >= 0.3 is 5.97 Å². The van der Waals surface area contributed by atoms with Gasteiger partial charge in [-0.15, -0.1) is 0 Å². The highest BCUT2D eigenvalue weighted by Crippen LogP contribution is 2.22. The number of hydrogen-bond donors (Lipinski definition) is 3. The largest absolute Gasteiger partial charge is 0.495 e. The monoisotopic (exact) mass is 280 g/mol. The van der Waals surface area contributed by atoms with Gasteiger partial charge in [-0.1, -0.05) is 6.92 Å². The van der Waals surface area contributed by atoms with E-state index in [1.807, 2.05) is 6.92 Å². The van der Waals surface area contributed by atoms with Gasteiger partial charge in [0.25, 0.3) is 0 Å². The fourth-order valence-corrected chi connectivity index (χ4v) is 1.86. The number of aliphatic carboxylic acids is 1. The highest BCUT2D eigenvalue weighted by atomic mass is 16.5. The van der Waals surface area contributed by atoms with Crippen LogP contribution in [0.4, 0.5) is 5.69 Å². The number of Topliss-reactive ketones (excluding diaryl/α,β-unsaturated/α-hetero) is 1. The zero-order valence-electron chi connectivity index (χ0n) is 11.7. The number of ketones is 1. The van der Waals surface area contributed by atoms with Gasteiger partial charge in [0.1, 0.15) is 5.75 Å². The highest BCUT2D eigenvalue weighted by Gasteiger charge is 2.18. The van der Waals surface area contributed by atoms with E-state index in [4.69, 9.17) is 15.6 Å². The first-order valence-corrected chi connectivity index (χ1v) is 6.42. The van der Waals surface area contributed by atoms with Crippen LogP contribution in [0.3, 0.4) is 0 Å². The number of benzene rings is 1. The molecule has 0 aliphatic heterocycles. The number of nitrogen functional groups attached to an aromatic ring is 1. The second-order valence-electron chi connectivity index (χ2n) is 4.38. The average molecular weight is 280 g/mol. The van der Waals surface area contributed by atoms with Crippen molar-refractivity contribution in [1.29, 1.82) is 0 Å². The van der Waals surface area contributed by atoms with E-state index in [1.165, 1.54) is 7.11 Å². The van der Waals surface area contributed by atoms with Gasteiger partial charge in [-0.25, -0.2) is 0 Å². The number of nitrogens with one attached hydrogen (secondary N) is 1. The summed E-state index contributed by atoms with van der Waals surface area (Å²) < 4.78 is 5.04. The van der Waals surface area contributed by atoms with Crippen LogP contribution in [0.1, 0.15) is 30.1 Å². The second kappa shape index (κ2) is 7.49. The van der Waals surface area contributed by atoms with Crippen LogP contribution in [0.25, 0.3) is 0 Å². The van der Waals surface area contributed by atoms with E-state index in [1.54, 1.807) is 18.2 Å². The van der Waals surface area contributed by atoms with Gasteiger partial charge in [0.2, 0.25) is 0 Å². The molecule has 20 heavy (non-hydrogen) atoms. The lowest BCUT2D eigenvalue weighted by molar-refractivity contribution is -0.136. The second-order valence-corrected chi connectivity index (χ2v) is 4.38. The van der Waals surface area contributed by atoms with E-state index in [-0.39, 0.29) is 18.7 Å². The molecule has 1 aromatic carbocycles. The summed E-state index contributed by atoms with van der Waals surface area (Å²) in [5, 5.41) is 11.5. The van der Waals surface area contributed by atoms with Gasteiger partial charge in [0.05, 0.1) is 25.3 Å². The molecule has 0 aromatic heterocycles.